The number of benzene rings is 1. The summed E-state index contributed by atoms with van der Waals surface area (Å²) in [5, 5.41) is 5.59. The highest BCUT2D eigenvalue weighted by atomic mass is 35.5. The van der Waals surface area contributed by atoms with Gasteiger partial charge in [-0.15, -0.1) is 11.3 Å². The molecular weight excluding hydrogens is 407 g/mol. The maximum absolute atomic E-state index is 13.8. The van der Waals surface area contributed by atoms with Crippen molar-refractivity contribution in [3.05, 3.63) is 63.5 Å². The van der Waals surface area contributed by atoms with Crippen LogP contribution < -0.4 is 14.9 Å². The lowest BCUT2D eigenvalue weighted by Crippen LogP contribution is -2.16. The van der Waals surface area contributed by atoms with E-state index in [1.54, 1.807) is 42.6 Å². The fourth-order valence-corrected chi connectivity index (χ4v) is 2.83. The molecule has 0 fully saturated rings. The first-order valence-corrected chi connectivity index (χ1v) is 9.32. The first-order valence-electron chi connectivity index (χ1n) is 8.06. The molecule has 0 spiro atoms. The Morgan fingerprint density at radius 1 is 1.39 bits per heavy atom. The molecular formula is C18H14ClFN4O3S. The summed E-state index contributed by atoms with van der Waals surface area (Å²) >= 11 is 7.00. The summed E-state index contributed by atoms with van der Waals surface area (Å²) in [4.78, 5) is 19.7. The zero-order valence-electron chi connectivity index (χ0n) is 14.6. The summed E-state index contributed by atoms with van der Waals surface area (Å²) in [6.45, 7) is 2.16. The minimum Gasteiger partial charge on any atom is -0.490 e. The van der Waals surface area contributed by atoms with E-state index in [1.165, 1.54) is 17.6 Å². The molecule has 7 nitrogen and oxygen atoms in total. The maximum atomic E-state index is 13.8. The van der Waals surface area contributed by atoms with Crippen molar-refractivity contribution >= 4 is 35.1 Å². The van der Waals surface area contributed by atoms with Crippen LogP contribution in [0.4, 0.5) is 4.39 Å². The van der Waals surface area contributed by atoms with Crippen LogP contribution >= 0.6 is 22.9 Å². The molecule has 0 aliphatic rings. The third kappa shape index (κ3) is 5.02. The smallest absolute Gasteiger partial charge is 0.281 e. The molecule has 10 heteroatoms. The van der Waals surface area contributed by atoms with Crippen molar-refractivity contribution in [3.63, 3.8) is 0 Å². The molecule has 2 heterocycles. The van der Waals surface area contributed by atoms with Gasteiger partial charge in [-0.1, -0.05) is 6.07 Å². The fourth-order valence-electron chi connectivity index (χ4n) is 2.09. The largest absolute Gasteiger partial charge is 0.490 e. The van der Waals surface area contributed by atoms with Crippen LogP contribution in [0.3, 0.4) is 0 Å². The predicted molar refractivity (Wildman–Crippen MR) is 104 cm³/mol. The normalized spacial score (nSPS) is 10.8. The Labute approximate surface area is 168 Å². The number of rotatable bonds is 7. The van der Waals surface area contributed by atoms with Crippen LogP contribution in [0.5, 0.6) is 17.4 Å². The molecule has 28 heavy (non-hydrogen) atoms. The number of hydrogen-bond acceptors (Lipinski definition) is 7. The van der Waals surface area contributed by atoms with Gasteiger partial charge in [-0.3, -0.25) is 4.79 Å². The van der Waals surface area contributed by atoms with Crippen molar-refractivity contribution < 1.29 is 18.7 Å². The van der Waals surface area contributed by atoms with E-state index in [4.69, 9.17) is 21.1 Å². The molecule has 0 saturated heterocycles. The molecule has 0 unspecified atom stereocenters. The molecule has 0 bridgehead atoms. The number of amides is 1. The van der Waals surface area contributed by atoms with E-state index in [2.05, 4.69) is 20.5 Å². The molecule has 3 aromatic rings. The Bertz CT molecular complexity index is 999. The zero-order chi connectivity index (χ0) is 19.9. The third-order valence-corrected chi connectivity index (χ3v) is 4.33. The lowest BCUT2D eigenvalue weighted by atomic mass is 10.2. The first kappa shape index (κ1) is 19.7. The highest BCUT2D eigenvalue weighted by Gasteiger charge is 2.13. The number of carbonyl (C=O) groups is 1. The molecule has 0 atom stereocenters. The molecule has 0 saturated carbocycles. The number of nitrogens with zero attached hydrogens (tertiary/aromatic N) is 3. The van der Waals surface area contributed by atoms with Crippen LogP contribution in [0.25, 0.3) is 0 Å². The van der Waals surface area contributed by atoms with E-state index in [0.29, 0.717) is 22.8 Å². The van der Waals surface area contributed by atoms with Crippen LogP contribution in [-0.4, -0.2) is 28.7 Å². The van der Waals surface area contributed by atoms with E-state index in [1.807, 2.05) is 0 Å². The van der Waals surface area contributed by atoms with Gasteiger partial charge >= 0.3 is 0 Å². The Morgan fingerprint density at radius 2 is 2.25 bits per heavy atom. The Morgan fingerprint density at radius 3 is 3.00 bits per heavy atom. The summed E-state index contributed by atoms with van der Waals surface area (Å²) in [5.41, 5.74) is 3.08. The van der Waals surface area contributed by atoms with Crippen LogP contribution in [0, 0.1) is 5.82 Å². The molecule has 1 aromatic carbocycles. The van der Waals surface area contributed by atoms with Gasteiger partial charge in [0, 0.05) is 0 Å². The number of nitrogens with one attached hydrogen (secondary N) is 1. The molecule has 0 radical (unpaired) electrons. The summed E-state index contributed by atoms with van der Waals surface area (Å²) < 4.78 is 24.8. The van der Waals surface area contributed by atoms with Crippen molar-refractivity contribution in [1.29, 1.82) is 0 Å². The van der Waals surface area contributed by atoms with Gasteiger partial charge < -0.3 is 9.47 Å². The van der Waals surface area contributed by atoms with Crippen LogP contribution in [-0.2, 0) is 0 Å². The molecule has 144 valence electrons. The van der Waals surface area contributed by atoms with Crippen LogP contribution in [0.2, 0.25) is 5.28 Å². The van der Waals surface area contributed by atoms with E-state index in [0.717, 1.165) is 6.20 Å². The van der Waals surface area contributed by atoms with E-state index in [9.17, 15) is 9.18 Å². The van der Waals surface area contributed by atoms with Gasteiger partial charge in [0.2, 0.25) is 11.1 Å². The number of halogens is 2. The Kier molecular flexibility index (Phi) is 6.51. The standard InChI is InChI=1S/C18H14ClFN4O3S/c1-2-26-14-8-11(9-22-24-16(25)15-4-3-7-28-15)5-6-13(14)27-17-12(20)10-21-18(19)23-17/h3-10H,2H2,1H3,(H,24,25)/b22-9-. The number of hydrazone groups is 1. The highest BCUT2D eigenvalue weighted by molar-refractivity contribution is 7.12. The Hall–Kier alpha value is -3.04. The molecule has 2 aromatic heterocycles. The van der Waals surface area contributed by atoms with E-state index in [-0.39, 0.29) is 22.8 Å². The average molecular weight is 421 g/mol. The van der Waals surface area contributed by atoms with Gasteiger partial charge in [-0.05, 0) is 53.7 Å². The molecule has 1 amide bonds. The van der Waals surface area contributed by atoms with Crippen LogP contribution in [0.15, 0.2) is 47.0 Å². The van der Waals surface area contributed by atoms with Gasteiger partial charge in [-0.25, -0.2) is 10.4 Å². The quantitative estimate of drug-likeness (QED) is 0.350. The number of ether oxygens (including phenoxy) is 2. The first-order chi connectivity index (χ1) is 13.6. The van der Waals surface area contributed by atoms with Gasteiger partial charge in [0.15, 0.2) is 11.5 Å². The summed E-state index contributed by atoms with van der Waals surface area (Å²) in [5.74, 6) is -0.771. The second-order valence-corrected chi connectivity index (χ2v) is 6.50. The maximum Gasteiger partial charge on any atom is 0.281 e. The third-order valence-electron chi connectivity index (χ3n) is 3.28. The summed E-state index contributed by atoms with van der Waals surface area (Å²) in [6.07, 6.45) is 2.38. The molecule has 1 N–H and O–H groups in total. The lowest BCUT2D eigenvalue weighted by molar-refractivity contribution is 0.0959. The number of hydrogen-bond donors (Lipinski definition) is 1. The number of thiophene rings is 1. The van der Waals surface area contributed by atoms with Crippen molar-refractivity contribution in [2.45, 2.75) is 6.92 Å². The SMILES string of the molecule is CCOc1cc(/C=N\NC(=O)c2cccs2)ccc1Oc1nc(Cl)ncc1F. The highest BCUT2D eigenvalue weighted by Crippen LogP contribution is 2.32. The van der Waals surface area contributed by atoms with Gasteiger partial charge in [-0.2, -0.15) is 14.5 Å². The molecule has 0 aliphatic carbocycles. The second-order valence-electron chi connectivity index (χ2n) is 5.21. The van der Waals surface area contributed by atoms with Gasteiger partial charge in [0.25, 0.3) is 11.8 Å². The topological polar surface area (TPSA) is 85.7 Å². The molecule has 0 aliphatic heterocycles. The van der Waals surface area contributed by atoms with Gasteiger partial charge in [0.05, 0.1) is 23.9 Å². The summed E-state index contributed by atoms with van der Waals surface area (Å²) in [7, 11) is 0. The van der Waals surface area contributed by atoms with Crippen molar-refractivity contribution in [2.75, 3.05) is 6.61 Å². The Balaban J connectivity index is 1.75. The van der Waals surface area contributed by atoms with Gasteiger partial charge in [0.1, 0.15) is 0 Å². The fraction of sp³-hybridized carbons (Fsp3) is 0.111. The van der Waals surface area contributed by atoms with Crippen LogP contribution in [0.1, 0.15) is 22.2 Å². The van der Waals surface area contributed by atoms with Crippen molar-refractivity contribution in [1.82, 2.24) is 15.4 Å². The molecule has 3 rings (SSSR count). The van der Waals surface area contributed by atoms with E-state index >= 15 is 0 Å². The van der Waals surface area contributed by atoms with Crippen molar-refractivity contribution in [2.24, 2.45) is 5.10 Å². The zero-order valence-corrected chi connectivity index (χ0v) is 16.1. The minimum atomic E-state index is -0.756. The number of aromatic nitrogens is 2. The second kappa shape index (κ2) is 9.25. The average Bonchev–Trinajstić information content (AvgIpc) is 3.21. The monoisotopic (exact) mass is 420 g/mol. The van der Waals surface area contributed by atoms with Crippen molar-refractivity contribution in [3.8, 4) is 17.4 Å². The summed E-state index contributed by atoms with van der Waals surface area (Å²) in [6, 6.07) is 8.36. The number of carbonyl (C=O) groups excluding carboxylic acids is 1. The predicted octanol–water partition coefficient (Wildman–Crippen LogP) is 4.29. The lowest BCUT2D eigenvalue weighted by Gasteiger charge is -2.12. The van der Waals surface area contributed by atoms with E-state index < -0.39 is 5.82 Å². The minimum absolute atomic E-state index is 0.139.